The predicted octanol–water partition coefficient (Wildman–Crippen LogP) is -0.193. The quantitative estimate of drug-likeness (QED) is 0.816. The standard InChI is InChI=1S/C13H20N4O2/c1-19-12-10-15-4-2-11(12)13(18)17-8-6-16(5-3-14)7-9-17/h2,4,10H,3,5-9,14H2,1H3. The smallest absolute Gasteiger partial charge is 0.257 e. The van der Waals surface area contributed by atoms with E-state index in [-0.39, 0.29) is 5.91 Å². The van der Waals surface area contributed by atoms with E-state index in [2.05, 4.69) is 9.88 Å². The van der Waals surface area contributed by atoms with Gasteiger partial charge in [-0.2, -0.15) is 0 Å². The molecule has 2 rings (SSSR count). The highest BCUT2D eigenvalue weighted by Crippen LogP contribution is 2.18. The van der Waals surface area contributed by atoms with E-state index in [0.29, 0.717) is 17.9 Å². The van der Waals surface area contributed by atoms with Crippen molar-refractivity contribution in [2.45, 2.75) is 0 Å². The molecule has 2 heterocycles. The first-order valence-corrected chi connectivity index (χ1v) is 6.46. The van der Waals surface area contributed by atoms with E-state index in [4.69, 9.17) is 10.5 Å². The van der Waals surface area contributed by atoms with Crippen molar-refractivity contribution in [3.8, 4) is 5.75 Å². The summed E-state index contributed by atoms with van der Waals surface area (Å²) >= 11 is 0. The van der Waals surface area contributed by atoms with Crippen molar-refractivity contribution in [2.24, 2.45) is 5.73 Å². The SMILES string of the molecule is COc1cnccc1C(=O)N1CCN(CCN)CC1. The number of rotatable bonds is 4. The third-order valence-electron chi connectivity index (χ3n) is 3.34. The number of amides is 1. The van der Waals surface area contributed by atoms with Crippen molar-refractivity contribution in [2.75, 3.05) is 46.4 Å². The molecule has 2 N–H and O–H groups in total. The van der Waals surface area contributed by atoms with Crippen molar-refractivity contribution in [1.82, 2.24) is 14.8 Å². The summed E-state index contributed by atoms with van der Waals surface area (Å²) in [6.45, 7) is 4.74. The molecule has 6 nitrogen and oxygen atoms in total. The zero-order valence-electron chi connectivity index (χ0n) is 11.2. The minimum atomic E-state index is 0.00616. The molecule has 1 aliphatic heterocycles. The summed E-state index contributed by atoms with van der Waals surface area (Å²) in [5.41, 5.74) is 6.11. The van der Waals surface area contributed by atoms with Gasteiger partial charge in [0.25, 0.3) is 5.91 Å². The Labute approximate surface area is 113 Å². The molecule has 0 unspecified atom stereocenters. The molecule has 0 atom stereocenters. The maximum Gasteiger partial charge on any atom is 0.257 e. The fourth-order valence-corrected chi connectivity index (χ4v) is 2.25. The van der Waals surface area contributed by atoms with Crippen molar-refractivity contribution in [1.29, 1.82) is 0 Å². The lowest BCUT2D eigenvalue weighted by Gasteiger charge is -2.34. The Morgan fingerprint density at radius 2 is 2.16 bits per heavy atom. The van der Waals surface area contributed by atoms with Gasteiger partial charge in [-0.05, 0) is 6.07 Å². The summed E-state index contributed by atoms with van der Waals surface area (Å²) in [6.07, 6.45) is 3.18. The van der Waals surface area contributed by atoms with Crippen LogP contribution >= 0.6 is 0 Å². The van der Waals surface area contributed by atoms with Gasteiger partial charge in [0.15, 0.2) is 0 Å². The molecule has 1 saturated heterocycles. The fourth-order valence-electron chi connectivity index (χ4n) is 2.25. The number of nitrogens with two attached hydrogens (primary N) is 1. The average Bonchev–Trinajstić information content (AvgIpc) is 2.47. The molecule has 0 spiro atoms. The Bertz CT molecular complexity index is 430. The van der Waals surface area contributed by atoms with Crippen LogP contribution in [0.15, 0.2) is 18.5 Å². The van der Waals surface area contributed by atoms with E-state index in [9.17, 15) is 4.79 Å². The van der Waals surface area contributed by atoms with Crippen LogP contribution in [-0.4, -0.2) is 67.1 Å². The molecule has 0 saturated carbocycles. The van der Waals surface area contributed by atoms with Gasteiger partial charge in [-0.3, -0.25) is 14.7 Å². The maximum atomic E-state index is 12.4. The first-order valence-electron chi connectivity index (χ1n) is 6.46. The van der Waals surface area contributed by atoms with Crippen LogP contribution in [0.5, 0.6) is 5.75 Å². The molecule has 0 aromatic carbocycles. The number of aromatic nitrogens is 1. The minimum absolute atomic E-state index is 0.00616. The predicted molar refractivity (Wildman–Crippen MR) is 72.2 cm³/mol. The molecule has 1 aromatic heterocycles. The summed E-state index contributed by atoms with van der Waals surface area (Å²) in [4.78, 5) is 20.5. The van der Waals surface area contributed by atoms with Gasteiger partial charge in [0, 0.05) is 45.5 Å². The number of pyridine rings is 1. The minimum Gasteiger partial charge on any atom is -0.494 e. The summed E-state index contributed by atoms with van der Waals surface area (Å²) in [7, 11) is 1.55. The van der Waals surface area contributed by atoms with Gasteiger partial charge < -0.3 is 15.4 Å². The number of hydrogen-bond acceptors (Lipinski definition) is 5. The van der Waals surface area contributed by atoms with Crippen molar-refractivity contribution >= 4 is 5.91 Å². The van der Waals surface area contributed by atoms with Gasteiger partial charge in [0.2, 0.25) is 0 Å². The van der Waals surface area contributed by atoms with Crippen LogP contribution in [0.25, 0.3) is 0 Å². The number of nitrogens with zero attached hydrogens (tertiary/aromatic N) is 3. The van der Waals surface area contributed by atoms with E-state index < -0.39 is 0 Å². The Hall–Kier alpha value is -1.66. The normalized spacial score (nSPS) is 16.4. The second kappa shape index (κ2) is 6.49. The number of ether oxygens (including phenoxy) is 1. The van der Waals surface area contributed by atoms with Crippen LogP contribution in [0.1, 0.15) is 10.4 Å². The first-order chi connectivity index (χ1) is 9.26. The lowest BCUT2D eigenvalue weighted by Crippen LogP contribution is -2.49. The summed E-state index contributed by atoms with van der Waals surface area (Å²) in [5.74, 6) is 0.531. The molecule has 0 bridgehead atoms. The zero-order valence-corrected chi connectivity index (χ0v) is 11.2. The maximum absolute atomic E-state index is 12.4. The Kier molecular flexibility index (Phi) is 4.70. The number of carbonyl (C=O) groups is 1. The number of methoxy groups -OCH3 is 1. The number of hydrogen-bond donors (Lipinski definition) is 1. The molecule has 6 heteroatoms. The molecule has 104 valence electrons. The van der Waals surface area contributed by atoms with Crippen LogP contribution in [0.3, 0.4) is 0 Å². The molecular weight excluding hydrogens is 244 g/mol. The molecule has 1 aromatic rings. The third-order valence-corrected chi connectivity index (χ3v) is 3.34. The summed E-state index contributed by atoms with van der Waals surface area (Å²) in [6, 6.07) is 1.70. The lowest BCUT2D eigenvalue weighted by atomic mass is 10.2. The Balaban J connectivity index is 2.01. The largest absolute Gasteiger partial charge is 0.494 e. The molecule has 1 aliphatic rings. The highest BCUT2D eigenvalue weighted by molar-refractivity contribution is 5.96. The zero-order chi connectivity index (χ0) is 13.7. The van der Waals surface area contributed by atoms with Crippen LogP contribution < -0.4 is 10.5 Å². The molecular formula is C13H20N4O2. The molecule has 0 aliphatic carbocycles. The van der Waals surface area contributed by atoms with Gasteiger partial charge in [0.1, 0.15) is 5.75 Å². The van der Waals surface area contributed by atoms with E-state index >= 15 is 0 Å². The molecule has 0 radical (unpaired) electrons. The average molecular weight is 264 g/mol. The van der Waals surface area contributed by atoms with E-state index in [0.717, 1.165) is 32.7 Å². The number of carbonyl (C=O) groups excluding carboxylic acids is 1. The molecule has 1 amide bonds. The van der Waals surface area contributed by atoms with Crippen molar-refractivity contribution in [3.05, 3.63) is 24.0 Å². The van der Waals surface area contributed by atoms with Gasteiger partial charge in [-0.15, -0.1) is 0 Å². The van der Waals surface area contributed by atoms with Crippen LogP contribution in [0.4, 0.5) is 0 Å². The highest BCUT2D eigenvalue weighted by Gasteiger charge is 2.23. The van der Waals surface area contributed by atoms with Gasteiger partial charge in [0.05, 0.1) is 18.9 Å². The van der Waals surface area contributed by atoms with Gasteiger partial charge in [-0.1, -0.05) is 0 Å². The topological polar surface area (TPSA) is 71.7 Å². The number of piperazine rings is 1. The van der Waals surface area contributed by atoms with E-state index in [1.54, 1.807) is 25.6 Å². The monoisotopic (exact) mass is 264 g/mol. The third kappa shape index (κ3) is 3.21. The van der Waals surface area contributed by atoms with Crippen LogP contribution in [0.2, 0.25) is 0 Å². The van der Waals surface area contributed by atoms with Gasteiger partial charge in [-0.25, -0.2) is 0 Å². The first kappa shape index (κ1) is 13.8. The van der Waals surface area contributed by atoms with Gasteiger partial charge >= 0.3 is 0 Å². The molecule has 1 fully saturated rings. The van der Waals surface area contributed by atoms with Crippen molar-refractivity contribution in [3.63, 3.8) is 0 Å². The Morgan fingerprint density at radius 1 is 1.42 bits per heavy atom. The Morgan fingerprint density at radius 3 is 2.79 bits per heavy atom. The second-order valence-electron chi connectivity index (χ2n) is 4.50. The van der Waals surface area contributed by atoms with Crippen molar-refractivity contribution < 1.29 is 9.53 Å². The second-order valence-corrected chi connectivity index (χ2v) is 4.50. The summed E-state index contributed by atoms with van der Waals surface area (Å²) < 4.78 is 5.18. The fraction of sp³-hybridized carbons (Fsp3) is 0.538. The highest BCUT2D eigenvalue weighted by atomic mass is 16.5. The van der Waals surface area contributed by atoms with Crippen LogP contribution in [-0.2, 0) is 0 Å². The van der Waals surface area contributed by atoms with E-state index in [1.807, 2.05) is 4.90 Å². The molecule has 19 heavy (non-hydrogen) atoms. The summed E-state index contributed by atoms with van der Waals surface area (Å²) in [5, 5.41) is 0. The van der Waals surface area contributed by atoms with E-state index in [1.165, 1.54) is 0 Å². The van der Waals surface area contributed by atoms with Crippen LogP contribution in [0, 0.1) is 0 Å². The lowest BCUT2D eigenvalue weighted by molar-refractivity contribution is 0.0637.